The van der Waals surface area contributed by atoms with Crippen LogP contribution >= 0.6 is 0 Å². The molecule has 0 spiro atoms. The molecule has 26 heavy (non-hydrogen) atoms. The third-order valence-corrected chi connectivity index (χ3v) is 4.16. The van der Waals surface area contributed by atoms with Gasteiger partial charge in [0.25, 0.3) is 5.56 Å². The molecule has 2 N–H and O–H groups in total. The number of aliphatic hydroxyl groups is 1. The number of hydrogen-bond donors (Lipinski definition) is 2. The summed E-state index contributed by atoms with van der Waals surface area (Å²) < 4.78 is 32.0. The van der Waals surface area contributed by atoms with Crippen molar-refractivity contribution < 1.29 is 23.7 Å². The molecular weight excluding hydrogens is 347 g/mol. The molecule has 0 bridgehead atoms. The average molecular weight is 366 g/mol. The minimum atomic E-state index is -2.25. The van der Waals surface area contributed by atoms with Crippen molar-refractivity contribution in [2.75, 3.05) is 13.4 Å². The van der Waals surface area contributed by atoms with Gasteiger partial charge in [0, 0.05) is 12.3 Å². The van der Waals surface area contributed by atoms with E-state index in [1.807, 2.05) is 11.1 Å². The van der Waals surface area contributed by atoms with E-state index in [4.69, 9.17) is 14.2 Å². The van der Waals surface area contributed by atoms with Crippen LogP contribution < -0.4 is 16.0 Å². The summed E-state index contributed by atoms with van der Waals surface area (Å²) in [7, 11) is 0. The fraction of sp³-hybridized carbons (Fsp3) is 0.412. The Morgan fingerprint density at radius 1 is 1.31 bits per heavy atom. The summed E-state index contributed by atoms with van der Waals surface area (Å²) in [6, 6.07) is 10.0. The molecule has 140 valence electrons. The normalized spacial score (nSPS) is 28.2. The van der Waals surface area contributed by atoms with Gasteiger partial charge in [-0.15, -0.1) is 0 Å². The molecule has 3 rings (SSSR count). The maximum Gasteiger partial charge on any atom is 0.330 e. The SMILES string of the molecule is C[C@@]1(F)[C@H](O)C(COCOc2ccccc2)O[C@H]1n1ccc(=O)[nH]c1=O. The number of rotatable bonds is 6. The highest BCUT2D eigenvalue weighted by Gasteiger charge is 2.55. The average Bonchev–Trinajstić information content (AvgIpc) is 2.83. The number of halogens is 1. The van der Waals surface area contributed by atoms with E-state index in [9.17, 15) is 19.1 Å². The molecule has 0 aliphatic carbocycles. The molecule has 1 aliphatic rings. The third kappa shape index (κ3) is 3.69. The van der Waals surface area contributed by atoms with Gasteiger partial charge in [0.05, 0.1) is 6.61 Å². The number of H-pyrrole nitrogens is 1. The lowest BCUT2D eigenvalue weighted by Crippen LogP contribution is -2.43. The maximum absolute atomic E-state index is 14.9. The van der Waals surface area contributed by atoms with Crippen LogP contribution in [0.25, 0.3) is 0 Å². The van der Waals surface area contributed by atoms with Gasteiger partial charge in [0.15, 0.2) is 18.7 Å². The van der Waals surface area contributed by atoms with Gasteiger partial charge < -0.3 is 19.3 Å². The van der Waals surface area contributed by atoms with E-state index < -0.39 is 35.4 Å². The van der Waals surface area contributed by atoms with Crippen molar-refractivity contribution in [3.63, 3.8) is 0 Å². The van der Waals surface area contributed by atoms with Gasteiger partial charge in [-0.2, -0.15) is 0 Å². The van der Waals surface area contributed by atoms with Crippen LogP contribution in [0.1, 0.15) is 13.2 Å². The van der Waals surface area contributed by atoms with Crippen LogP contribution in [0, 0.1) is 0 Å². The number of aliphatic hydroxyl groups excluding tert-OH is 1. The number of aromatic nitrogens is 2. The van der Waals surface area contributed by atoms with Gasteiger partial charge in [-0.1, -0.05) is 18.2 Å². The van der Waals surface area contributed by atoms with E-state index in [1.165, 1.54) is 0 Å². The zero-order chi connectivity index (χ0) is 18.7. The zero-order valence-corrected chi connectivity index (χ0v) is 14.0. The number of nitrogens with zero attached hydrogens (tertiary/aromatic N) is 1. The predicted octanol–water partition coefficient (Wildman–Crippen LogP) is 0.576. The molecule has 0 radical (unpaired) electrons. The molecule has 1 aromatic carbocycles. The van der Waals surface area contributed by atoms with Gasteiger partial charge in [0.2, 0.25) is 0 Å². The molecule has 1 saturated heterocycles. The summed E-state index contributed by atoms with van der Waals surface area (Å²) >= 11 is 0. The topological polar surface area (TPSA) is 103 Å². The predicted molar refractivity (Wildman–Crippen MR) is 88.6 cm³/mol. The van der Waals surface area contributed by atoms with Crippen molar-refractivity contribution in [1.82, 2.24) is 9.55 Å². The van der Waals surface area contributed by atoms with Gasteiger partial charge in [-0.05, 0) is 19.1 Å². The minimum Gasteiger partial charge on any atom is -0.468 e. The summed E-state index contributed by atoms with van der Waals surface area (Å²) in [5, 5.41) is 10.2. The van der Waals surface area contributed by atoms with Crippen LogP contribution in [0.4, 0.5) is 4.39 Å². The molecule has 9 heteroatoms. The summed E-state index contributed by atoms with van der Waals surface area (Å²) in [6.45, 7) is 0.880. The molecule has 1 aliphatic heterocycles. The van der Waals surface area contributed by atoms with Crippen LogP contribution in [0.15, 0.2) is 52.2 Å². The summed E-state index contributed by atoms with van der Waals surface area (Å²) in [4.78, 5) is 25.1. The number of para-hydroxylation sites is 1. The smallest absolute Gasteiger partial charge is 0.330 e. The number of nitrogens with one attached hydrogen (secondary N) is 1. The molecule has 0 saturated carbocycles. The quantitative estimate of drug-likeness (QED) is 0.573. The van der Waals surface area contributed by atoms with Gasteiger partial charge in [-0.25, -0.2) is 9.18 Å². The summed E-state index contributed by atoms with van der Waals surface area (Å²) in [6.07, 6.45) is -2.81. The van der Waals surface area contributed by atoms with Gasteiger partial charge in [0.1, 0.15) is 18.0 Å². The van der Waals surface area contributed by atoms with Crippen molar-refractivity contribution >= 4 is 0 Å². The molecule has 2 aromatic rings. The van der Waals surface area contributed by atoms with Crippen molar-refractivity contribution in [3.8, 4) is 5.75 Å². The largest absolute Gasteiger partial charge is 0.468 e. The highest BCUT2D eigenvalue weighted by Crippen LogP contribution is 2.40. The lowest BCUT2D eigenvalue weighted by molar-refractivity contribution is -0.0898. The fourth-order valence-corrected chi connectivity index (χ4v) is 2.75. The third-order valence-electron chi connectivity index (χ3n) is 4.16. The van der Waals surface area contributed by atoms with Crippen molar-refractivity contribution in [2.24, 2.45) is 0 Å². The van der Waals surface area contributed by atoms with Crippen LogP contribution in [-0.4, -0.2) is 45.9 Å². The standard InChI is InChI=1S/C17H19FN2O6/c1-17(18)14(22)12(9-24-10-25-11-5-3-2-4-6-11)26-15(17)20-8-7-13(21)19-16(20)23/h2-8,12,14-15,22H,9-10H2,1H3,(H,19,21,23)/t12?,14-,15-,17-/m1/s1. The number of hydrogen-bond acceptors (Lipinski definition) is 6. The van der Waals surface area contributed by atoms with Crippen molar-refractivity contribution in [1.29, 1.82) is 0 Å². The molecule has 1 fully saturated rings. The lowest BCUT2D eigenvalue weighted by Gasteiger charge is -2.24. The minimum absolute atomic E-state index is 0.108. The number of ether oxygens (including phenoxy) is 3. The second kappa shape index (κ2) is 7.40. The molecule has 4 atom stereocenters. The Bertz CT molecular complexity index is 850. The van der Waals surface area contributed by atoms with Crippen LogP contribution in [-0.2, 0) is 9.47 Å². The first-order valence-corrected chi connectivity index (χ1v) is 7.99. The Balaban J connectivity index is 1.63. The Morgan fingerprint density at radius 3 is 2.73 bits per heavy atom. The number of benzene rings is 1. The summed E-state index contributed by atoms with van der Waals surface area (Å²) in [5.74, 6) is 0.605. The number of alkyl halides is 1. The number of aromatic amines is 1. The molecule has 1 aromatic heterocycles. The first kappa shape index (κ1) is 18.3. The fourth-order valence-electron chi connectivity index (χ4n) is 2.75. The van der Waals surface area contributed by atoms with E-state index in [-0.39, 0.29) is 13.4 Å². The maximum atomic E-state index is 14.9. The highest BCUT2D eigenvalue weighted by atomic mass is 19.1. The Kier molecular flexibility index (Phi) is 5.21. The van der Waals surface area contributed by atoms with E-state index >= 15 is 0 Å². The zero-order valence-electron chi connectivity index (χ0n) is 14.0. The molecule has 8 nitrogen and oxygen atoms in total. The van der Waals surface area contributed by atoms with Crippen LogP contribution in [0.5, 0.6) is 5.75 Å². The highest BCUT2D eigenvalue weighted by molar-refractivity contribution is 5.20. The monoisotopic (exact) mass is 366 g/mol. The Morgan fingerprint density at radius 2 is 2.04 bits per heavy atom. The molecule has 2 heterocycles. The lowest BCUT2D eigenvalue weighted by atomic mass is 9.98. The first-order valence-electron chi connectivity index (χ1n) is 7.99. The van der Waals surface area contributed by atoms with E-state index in [2.05, 4.69) is 0 Å². The van der Waals surface area contributed by atoms with E-state index in [1.54, 1.807) is 24.3 Å². The van der Waals surface area contributed by atoms with Crippen molar-refractivity contribution in [2.45, 2.75) is 31.0 Å². The van der Waals surface area contributed by atoms with Crippen molar-refractivity contribution in [3.05, 3.63) is 63.4 Å². The van der Waals surface area contributed by atoms with E-state index in [0.29, 0.717) is 5.75 Å². The van der Waals surface area contributed by atoms with Gasteiger partial charge >= 0.3 is 5.69 Å². The Labute approximate surface area is 147 Å². The van der Waals surface area contributed by atoms with Crippen LogP contribution in [0.2, 0.25) is 0 Å². The molecule has 1 unspecified atom stereocenters. The van der Waals surface area contributed by atoms with Crippen LogP contribution in [0.3, 0.4) is 0 Å². The second-order valence-electron chi connectivity index (χ2n) is 6.09. The first-order chi connectivity index (χ1) is 12.4. The Hall–Kier alpha value is -2.49. The van der Waals surface area contributed by atoms with E-state index in [0.717, 1.165) is 23.8 Å². The molecule has 0 amide bonds. The van der Waals surface area contributed by atoms with Gasteiger partial charge in [-0.3, -0.25) is 14.3 Å². The molecular formula is C17H19FN2O6. The summed E-state index contributed by atoms with van der Waals surface area (Å²) in [5.41, 5.74) is -3.69. The second-order valence-corrected chi connectivity index (χ2v) is 6.09.